The van der Waals surface area contributed by atoms with E-state index in [1.54, 1.807) is 6.92 Å². The number of nitrogens with one attached hydrogen (secondary N) is 1. The minimum atomic E-state index is -0.645. The first-order valence-electron chi connectivity index (χ1n) is 3.62. The summed E-state index contributed by atoms with van der Waals surface area (Å²) in [5, 5.41) is 2.39. The molecule has 3 N–H and O–H groups in total. The second kappa shape index (κ2) is 6.68. The molecular formula is C7H15ClN2O3. The molecule has 0 rings (SSSR count). The first-order valence-corrected chi connectivity index (χ1v) is 3.62. The van der Waals surface area contributed by atoms with Gasteiger partial charge in [-0.2, -0.15) is 0 Å². The number of carbonyl (C=O) groups is 2. The molecule has 0 spiro atoms. The number of hydrogen-bond acceptors (Lipinski definition) is 4. The van der Waals surface area contributed by atoms with Crippen molar-refractivity contribution in [2.45, 2.75) is 25.9 Å². The Kier molecular flexibility index (Phi) is 7.55. The summed E-state index contributed by atoms with van der Waals surface area (Å²) in [6, 6.07) is -1.26. The van der Waals surface area contributed by atoms with E-state index in [0.717, 1.165) is 0 Å². The summed E-state index contributed by atoms with van der Waals surface area (Å²) in [7, 11) is 1.26. The largest absolute Gasteiger partial charge is 0.467 e. The van der Waals surface area contributed by atoms with E-state index in [9.17, 15) is 9.59 Å². The molecule has 0 aromatic heterocycles. The van der Waals surface area contributed by atoms with Gasteiger partial charge in [-0.25, -0.2) is 4.79 Å². The first kappa shape index (κ1) is 14.7. The van der Waals surface area contributed by atoms with Gasteiger partial charge in [0.2, 0.25) is 5.91 Å². The molecule has 0 aliphatic rings. The highest BCUT2D eigenvalue weighted by Crippen LogP contribution is 1.86. The normalized spacial score (nSPS) is 13.5. The van der Waals surface area contributed by atoms with Crippen LogP contribution in [0.4, 0.5) is 0 Å². The number of methoxy groups -OCH3 is 1. The highest BCUT2D eigenvalue weighted by molar-refractivity contribution is 5.86. The summed E-state index contributed by atoms with van der Waals surface area (Å²) in [5.74, 6) is -0.850. The van der Waals surface area contributed by atoms with E-state index in [1.807, 2.05) is 0 Å². The van der Waals surface area contributed by atoms with Crippen molar-refractivity contribution in [3.63, 3.8) is 0 Å². The maximum atomic E-state index is 10.9. The molecule has 0 aromatic carbocycles. The quantitative estimate of drug-likeness (QED) is 0.612. The van der Waals surface area contributed by atoms with Gasteiger partial charge in [-0.3, -0.25) is 4.79 Å². The van der Waals surface area contributed by atoms with Crippen molar-refractivity contribution in [3.8, 4) is 0 Å². The number of carbonyl (C=O) groups excluding carboxylic acids is 2. The third-order valence-electron chi connectivity index (χ3n) is 1.33. The number of hydrogen-bond donors (Lipinski definition) is 2. The second-order valence-corrected chi connectivity index (χ2v) is 2.54. The smallest absolute Gasteiger partial charge is 0.328 e. The monoisotopic (exact) mass is 210 g/mol. The van der Waals surface area contributed by atoms with E-state index >= 15 is 0 Å². The fraction of sp³-hybridized carbons (Fsp3) is 0.714. The average molecular weight is 211 g/mol. The standard InChI is InChI=1S/C7H14N2O3.ClH/c1-4(8)6(10)9-5(2)7(11)12-3;/h4-5H,8H2,1-3H3,(H,9,10);1H/t4-,5-;/m0./s1. The summed E-state index contributed by atoms with van der Waals surface area (Å²) in [4.78, 5) is 21.7. The van der Waals surface area contributed by atoms with E-state index in [2.05, 4.69) is 10.1 Å². The van der Waals surface area contributed by atoms with Crippen LogP contribution in [-0.2, 0) is 14.3 Å². The maximum absolute atomic E-state index is 10.9. The van der Waals surface area contributed by atoms with Gasteiger partial charge in [0.15, 0.2) is 0 Å². The van der Waals surface area contributed by atoms with Gasteiger partial charge in [-0.15, -0.1) is 12.4 Å². The van der Waals surface area contributed by atoms with Crippen LogP contribution in [0.2, 0.25) is 0 Å². The Bertz CT molecular complexity index is 185. The highest BCUT2D eigenvalue weighted by atomic mass is 35.5. The number of halogens is 1. The predicted molar refractivity (Wildman–Crippen MR) is 50.5 cm³/mol. The van der Waals surface area contributed by atoms with Gasteiger partial charge < -0.3 is 15.8 Å². The maximum Gasteiger partial charge on any atom is 0.328 e. The fourth-order valence-corrected chi connectivity index (χ4v) is 0.581. The van der Waals surface area contributed by atoms with Crippen LogP contribution in [-0.4, -0.2) is 31.1 Å². The van der Waals surface area contributed by atoms with Gasteiger partial charge in [-0.05, 0) is 13.8 Å². The van der Waals surface area contributed by atoms with Crippen molar-refractivity contribution in [2.75, 3.05) is 7.11 Å². The van der Waals surface area contributed by atoms with Crippen LogP contribution in [0.15, 0.2) is 0 Å². The summed E-state index contributed by atoms with van der Waals surface area (Å²) in [5.41, 5.74) is 5.26. The molecule has 0 bridgehead atoms. The Morgan fingerprint density at radius 2 is 1.85 bits per heavy atom. The number of ether oxygens (including phenoxy) is 1. The molecule has 0 aromatic rings. The molecule has 1 amide bonds. The van der Waals surface area contributed by atoms with E-state index < -0.39 is 18.1 Å². The Morgan fingerprint density at radius 1 is 1.38 bits per heavy atom. The summed E-state index contributed by atoms with van der Waals surface area (Å²) >= 11 is 0. The van der Waals surface area contributed by atoms with Crippen LogP contribution in [0.5, 0.6) is 0 Å². The van der Waals surface area contributed by atoms with Gasteiger partial charge in [0, 0.05) is 0 Å². The molecule has 2 atom stereocenters. The van der Waals surface area contributed by atoms with Crippen molar-refractivity contribution in [2.24, 2.45) is 5.73 Å². The van der Waals surface area contributed by atoms with Crippen molar-refractivity contribution in [1.29, 1.82) is 0 Å². The molecule has 0 aliphatic carbocycles. The Hall–Kier alpha value is -0.810. The summed E-state index contributed by atoms with van der Waals surface area (Å²) in [6.07, 6.45) is 0. The zero-order valence-corrected chi connectivity index (χ0v) is 8.68. The van der Waals surface area contributed by atoms with Gasteiger partial charge >= 0.3 is 5.97 Å². The molecule has 78 valence electrons. The summed E-state index contributed by atoms with van der Waals surface area (Å²) in [6.45, 7) is 3.07. The topological polar surface area (TPSA) is 81.4 Å². The van der Waals surface area contributed by atoms with E-state index in [-0.39, 0.29) is 18.3 Å². The van der Waals surface area contributed by atoms with E-state index in [4.69, 9.17) is 5.73 Å². The Balaban J connectivity index is 0. The number of rotatable bonds is 3. The van der Waals surface area contributed by atoms with E-state index in [0.29, 0.717) is 0 Å². The average Bonchev–Trinajstić information content (AvgIpc) is 2.02. The van der Waals surface area contributed by atoms with Gasteiger partial charge in [0.25, 0.3) is 0 Å². The van der Waals surface area contributed by atoms with Crippen LogP contribution in [0.3, 0.4) is 0 Å². The van der Waals surface area contributed by atoms with Gasteiger partial charge in [0.1, 0.15) is 6.04 Å². The van der Waals surface area contributed by atoms with Crippen LogP contribution in [0.1, 0.15) is 13.8 Å². The third kappa shape index (κ3) is 5.43. The van der Waals surface area contributed by atoms with Crippen molar-refractivity contribution < 1.29 is 14.3 Å². The molecule has 0 unspecified atom stereocenters. The number of amides is 1. The lowest BCUT2D eigenvalue weighted by atomic mass is 10.3. The molecule has 5 nitrogen and oxygen atoms in total. The van der Waals surface area contributed by atoms with Crippen molar-refractivity contribution in [3.05, 3.63) is 0 Å². The van der Waals surface area contributed by atoms with Crippen molar-refractivity contribution in [1.82, 2.24) is 5.32 Å². The van der Waals surface area contributed by atoms with Gasteiger partial charge in [-0.1, -0.05) is 0 Å². The summed E-state index contributed by atoms with van der Waals surface area (Å²) < 4.78 is 4.40. The lowest BCUT2D eigenvalue weighted by Gasteiger charge is -2.12. The molecule has 0 saturated heterocycles. The molecule has 6 heteroatoms. The van der Waals surface area contributed by atoms with Gasteiger partial charge in [0.05, 0.1) is 13.2 Å². The number of esters is 1. The molecule has 13 heavy (non-hydrogen) atoms. The lowest BCUT2D eigenvalue weighted by molar-refractivity contribution is -0.144. The van der Waals surface area contributed by atoms with Crippen LogP contribution < -0.4 is 11.1 Å². The number of nitrogens with two attached hydrogens (primary N) is 1. The molecule has 0 fully saturated rings. The Morgan fingerprint density at radius 3 is 2.15 bits per heavy atom. The van der Waals surface area contributed by atoms with Crippen LogP contribution >= 0.6 is 12.4 Å². The first-order chi connectivity index (χ1) is 5.49. The lowest BCUT2D eigenvalue weighted by Crippen LogP contribution is -2.46. The van der Waals surface area contributed by atoms with Crippen LogP contribution in [0, 0.1) is 0 Å². The third-order valence-corrected chi connectivity index (χ3v) is 1.33. The van der Waals surface area contributed by atoms with Crippen molar-refractivity contribution >= 4 is 24.3 Å². The molecule has 0 aliphatic heterocycles. The highest BCUT2D eigenvalue weighted by Gasteiger charge is 2.17. The fourth-order valence-electron chi connectivity index (χ4n) is 0.581. The minimum absolute atomic E-state index is 0. The zero-order chi connectivity index (χ0) is 9.72. The Labute approximate surface area is 83.4 Å². The zero-order valence-electron chi connectivity index (χ0n) is 7.87. The SMILES string of the molecule is COC(=O)[C@H](C)NC(=O)[C@H](C)N.Cl. The predicted octanol–water partition coefficient (Wildman–Crippen LogP) is -0.567. The van der Waals surface area contributed by atoms with Crippen LogP contribution in [0.25, 0.3) is 0 Å². The molecular weight excluding hydrogens is 196 g/mol. The second-order valence-electron chi connectivity index (χ2n) is 2.54. The van der Waals surface area contributed by atoms with E-state index in [1.165, 1.54) is 14.0 Å². The minimum Gasteiger partial charge on any atom is -0.467 e. The molecule has 0 saturated carbocycles. The molecule has 0 heterocycles. The molecule has 0 radical (unpaired) electrons.